The highest BCUT2D eigenvalue weighted by Gasteiger charge is 2.48. The summed E-state index contributed by atoms with van der Waals surface area (Å²) in [6.45, 7) is 2.00. The number of fused-ring (bicyclic) bond motifs is 2. The summed E-state index contributed by atoms with van der Waals surface area (Å²) in [6, 6.07) is 14.8. The van der Waals surface area contributed by atoms with Gasteiger partial charge in [-0.2, -0.15) is 0 Å². The third kappa shape index (κ3) is 2.60. The molecule has 25 heavy (non-hydrogen) atoms. The Hall–Kier alpha value is -1.43. The molecule has 1 saturated heterocycles. The predicted molar refractivity (Wildman–Crippen MR) is 106 cm³/mol. The van der Waals surface area contributed by atoms with Gasteiger partial charge >= 0.3 is 0 Å². The molecular formula is C20H19BrN2OS. The van der Waals surface area contributed by atoms with Crippen LogP contribution in [0.4, 0.5) is 0 Å². The second kappa shape index (κ2) is 6.08. The number of nitrogens with one attached hydrogen (secondary N) is 1. The summed E-state index contributed by atoms with van der Waals surface area (Å²) in [4.78, 5) is 4.99. The molecule has 2 aromatic carbocycles. The van der Waals surface area contributed by atoms with Crippen molar-refractivity contribution in [1.82, 2.24) is 10.3 Å². The van der Waals surface area contributed by atoms with Gasteiger partial charge in [0, 0.05) is 12.8 Å². The van der Waals surface area contributed by atoms with Crippen molar-refractivity contribution < 1.29 is 4.74 Å². The van der Waals surface area contributed by atoms with E-state index in [2.05, 4.69) is 63.7 Å². The monoisotopic (exact) mass is 414 g/mol. The fourth-order valence-corrected chi connectivity index (χ4v) is 5.82. The molecule has 5 rings (SSSR count). The Kier molecular flexibility index (Phi) is 3.84. The molecule has 3 nitrogen and oxygen atoms in total. The first-order valence-corrected chi connectivity index (χ1v) is 10.4. The summed E-state index contributed by atoms with van der Waals surface area (Å²) in [5.74, 6) is 1.34. The summed E-state index contributed by atoms with van der Waals surface area (Å²) in [5, 5.41) is 4.70. The molecule has 3 heterocycles. The van der Waals surface area contributed by atoms with Crippen molar-refractivity contribution in [2.75, 3.05) is 13.1 Å². The van der Waals surface area contributed by atoms with Crippen molar-refractivity contribution in [1.29, 1.82) is 0 Å². The first kappa shape index (κ1) is 15.8. The van der Waals surface area contributed by atoms with Crippen LogP contribution in [0, 0.1) is 0 Å². The van der Waals surface area contributed by atoms with Crippen molar-refractivity contribution in [2.24, 2.45) is 0 Å². The third-order valence-electron chi connectivity index (χ3n) is 5.47. The number of nitrogens with zero attached hydrogens (tertiary/aromatic N) is 1. The van der Waals surface area contributed by atoms with Gasteiger partial charge < -0.3 is 10.1 Å². The molecule has 1 unspecified atom stereocenters. The number of halogens is 1. The van der Waals surface area contributed by atoms with Crippen LogP contribution in [0.15, 0.2) is 46.9 Å². The molecule has 1 atom stereocenters. The summed E-state index contributed by atoms with van der Waals surface area (Å²) in [7, 11) is 0. The van der Waals surface area contributed by atoms with Crippen molar-refractivity contribution in [2.45, 2.75) is 30.8 Å². The molecule has 1 N–H and O–H groups in total. The second-order valence-corrected chi connectivity index (χ2v) is 8.84. The first-order valence-electron chi connectivity index (χ1n) is 8.78. The Morgan fingerprint density at radius 1 is 1.12 bits per heavy atom. The maximum Gasteiger partial charge on any atom is 0.137 e. The standard InChI is InChI=1S/C20H19BrN2OS/c21-15-5-3-4-13-12-14(19-23-16-6-1-2-7-17(16)25-19)20(24-18(13)15)8-10-22-11-9-20/h1-7,14,22H,8-12H2. The lowest BCUT2D eigenvalue weighted by Crippen LogP contribution is -2.52. The van der Waals surface area contributed by atoms with Crippen LogP contribution in [0.3, 0.4) is 0 Å². The van der Waals surface area contributed by atoms with Crippen LogP contribution >= 0.6 is 27.3 Å². The van der Waals surface area contributed by atoms with E-state index in [0.29, 0.717) is 5.92 Å². The minimum Gasteiger partial charge on any atom is -0.485 e. The van der Waals surface area contributed by atoms with Crippen LogP contribution < -0.4 is 10.1 Å². The number of piperidine rings is 1. The van der Waals surface area contributed by atoms with Crippen molar-refractivity contribution in [3.8, 4) is 5.75 Å². The number of hydrogen-bond acceptors (Lipinski definition) is 4. The number of ether oxygens (including phenoxy) is 1. The fraction of sp³-hybridized carbons (Fsp3) is 0.350. The quantitative estimate of drug-likeness (QED) is 0.614. The average Bonchev–Trinajstić information content (AvgIpc) is 3.07. The van der Waals surface area contributed by atoms with Crippen LogP contribution in [-0.4, -0.2) is 23.7 Å². The predicted octanol–water partition coefficient (Wildman–Crippen LogP) is 4.90. The Bertz CT molecular complexity index is 899. The third-order valence-corrected chi connectivity index (χ3v) is 7.25. The highest BCUT2D eigenvalue weighted by molar-refractivity contribution is 9.10. The van der Waals surface area contributed by atoms with E-state index >= 15 is 0 Å². The Morgan fingerprint density at radius 2 is 1.96 bits per heavy atom. The van der Waals surface area contributed by atoms with Gasteiger partial charge in [-0.05, 0) is 59.2 Å². The number of aromatic nitrogens is 1. The van der Waals surface area contributed by atoms with E-state index in [9.17, 15) is 0 Å². The number of benzene rings is 2. The van der Waals surface area contributed by atoms with E-state index in [4.69, 9.17) is 9.72 Å². The van der Waals surface area contributed by atoms with Gasteiger partial charge in [0.05, 0.1) is 20.6 Å². The summed E-state index contributed by atoms with van der Waals surface area (Å²) >= 11 is 5.51. The van der Waals surface area contributed by atoms with Crippen LogP contribution in [0.5, 0.6) is 5.75 Å². The number of hydrogen-bond donors (Lipinski definition) is 1. The van der Waals surface area contributed by atoms with E-state index in [1.54, 1.807) is 0 Å². The zero-order valence-electron chi connectivity index (χ0n) is 13.8. The van der Waals surface area contributed by atoms with E-state index in [1.165, 1.54) is 15.3 Å². The minimum atomic E-state index is -0.157. The smallest absolute Gasteiger partial charge is 0.137 e. The van der Waals surface area contributed by atoms with Gasteiger partial charge in [-0.1, -0.05) is 24.3 Å². The van der Waals surface area contributed by atoms with Gasteiger partial charge in [0.25, 0.3) is 0 Å². The molecule has 0 amide bonds. The Balaban J connectivity index is 1.64. The molecule has 5 heteroatoms. The van der Waals surface area contributed by atoms with Gasteiger partial charge in [-0.3, -0.25) is 0 Å². The van der Waals surface area contributed by atoms with E-state index < -0.39 is 0 Å². The summed E-state index contributed by atoms with van der Waals surface area (Å²) in [6.07, 6.45) is 3.04. The minimum absolute atomic E-state index is 0.157. The summed E-state index contributed by atoms with van der Waals surface area (Å²) < 4.78 is 9.06. The van der Waals surface area contributed by atoms with Gasteiger partial charge in [0.2, 0.25) is 0 Å². The molecule has 0 saturated carbocycles. The number of thiazole rings is 1. The molecule has 1 aromatic heterocycles. The van der Waals surface area contributed by atoms with E-state index in [0.717, 1.165) is 48.1 Å². The maximum absolute atomic E-state index is 6.73. The zero-order chi connectivity index (χ0) is 16.9. The second-order valence-electron chi connectivity index (χ2n) is 6.92. The van der Waals surface area contributed by atoms with Gasteiger partial charge in [0.15, 0.2) is 0 Å². The molecule has 128 valence electrons. The van der Waals surface area contributed by atoms with Gasteiger partial charge in [-0.15, -0.1) is 11.3 Å². The fourth-order valence-electron chi connectivity index (χ4n) is 4.16. The van der Waals surface area contributed by atoms with Crippen molar-refractivity contribution in [3.05, 3.63) is 57.5 Å². The Labute approximate surface area is 159 Å². The van der Waals surface area contributed by atoms with Crippen LogP contribution in [-0.2, 0) is 6.42 Å². The molecule has 2 aliphatic rings. The summed E-state index contributed by atoms with van der Waals surface area (Å²) in [5.41, 5.74) is 2.23. The molecule has 0 aliphatic carbocycles. The Morgan fingerprint density at radius 3 is 2.80 bits per heavy atom. The SMILES string of the molecule is Brc1cccc2c1OC1(CCNCC1)C(c1nc3ccccc3s1)C2. The number of para-hydroxylation sites is 2. The highest BCUT2D eigenvalue weighted by Crippen LogP contribution is 2.50. The van der Waals surface area contributed by atoms with Crippen LogP contribution in [0.25, 0.3) is 10.2 Å². The lowest BCUT2D eigenvalue weighted by atomic mass is 9.75. The zero-order valence-corrected chi connectivity index (χ0v) is 16.2. The molecule has 2 aliphatic heterocycles. The van der Waals surface area contributed by atoms with E-state index in [-0.39, 0.29) is 5.60 Å². The average molecular weight is 415 g/mol. The topological polar surface area (TPSA) is 34.1 Å². The highest BCUT2D eigenvalue weighted by atomic mass is 79.9. The van der Waals surface area contributed by atoms with Gasteiger partial charge in [-0.25, -0.2) is 4.98 Å². The van der Waals surface area contributed by atoms with Crippen LogP contribution in [0.1, 0.15) is 29.3 Å². The maximum atomic E-state index is 6.73. The van der Waals surface area contributed by atoms with Gasteiger partial charge in [0.1, 0.15) is 16.4 Å². The molecule has 0 radical (unpaired) electrons. The first-order chi connectivity index (χ1) is 12.3. The van der Waals surface area contributed by atoms with E-state index in [1.807, 2.05) is 11.3 Å². The largest absolute Gasteiger partial charge is 0.485 e. The van der Waals surface area contributed by atoms with Crippen molar-refractivity contribution in [3.63, 3.8) is 0 Å². The lowest BCUT2D eigenvalue weighted by Gasteiger charge is -2.46. The molecule has 0 bridgehead atoms. The van der Waals surface area contributed by atoms with Crippen LogP contribution in [0.2, 0.25) is 0 Å². The number of rotatable bonds is 1. The normalized spacial score (nSPS) is 21.9. The van der Waals surface area contributed by atoms with Crippen molar-refractivity contribution >= 4 is 37.5 Å². The molecule has 3 aromatic rings. The molecular weight excluding hydrogens is 396 g/mol. The lowest BCUT2D eigenvalue weighted by molar-refractivity contribution is -0.00367. The molecule has 1 fully saturated rings. The molecule has 1 spiro atoms.